The van der Waals surface area contributed by atoms with Gasteiger partial charge in [-0.2, -0.15) is 9.97 Å². The minimum Gasteiger partial charge on any atom is -0.494 e. The van der Waals surface area contributed by atoms with E-state index in [1.807, 2.05) is 18.2 Å². The van der Waals surface area contributed by atoms with Crippen LogP contribution in [-0.4, -0.2) is 76.6 Å². The van der Waals surface area contributed by atoms with Crippen LogP contribution in [0.4, 0.5) is 34.6 Å². The first-order chi connectivity index (χ1) is 19.4. The third-order valence-corrected chi connectivity index (χ3v) is 9.05. The number of benzene rings is 2. The Morgan fingerprint density at radius 3 is 2.65 bits per heavy atom. The summed E-state index contributed by atoms with van der Waals surface area (Å²) in [7, 11) is -2.23. The lowest BCUT2D eigenvalue weighted by molar-refractivity contribution is 0.122. The standard InChI is InChI=1S/C27H33N7O5S/c1-38-21-16-18(34-11-14-39-15-12-34)6-7-19(21)31-26-32-24-23(27(8-9-27)17-28-24)25(33-26)30-20-4-2-3-5-22(20)40(36,37)29-10-13-35/h2-7,16,29,35H,8-15,17H2,1H3,(H3,28,30,31,32,33). The van der Waals surface area contributed by atoms with Crippen LogP contribution in [0, 0.1) is 0 Å². The van der Waals surface area contributed by atoms with Crippen LogP contribution in [0.15, 0.2) is 47.4 Å². The quantitative estimate of drug-likeness (QED) is 0.246. The third-order valence-electron chi connectivity index (χ3n) is 7.53. The van der Waals surface area contributed by atoms with Crippen LogP contribution in [0.5, 0.6) is 5.75 Å². The van der Waals surface area contributed by atoms with E-state index in [1.165, 1.54) is 6.07 Å². The molecule has 0 atom stereocenters. The first kappa shape index (κ1) is 26.6. The highest BCUT2D eigenvalue weighted by atomic mass is 32.2. The predicted octanol–water partition coefficient (Wildman–Crippen LogP) is 2.54. The fourth-order valence-electron chi connectivity index (χ4n) is 5.27. The van der Waals surface area contributed by atoms with Crippen molar-refractivity contribution in [3.63, 3.8) is 0 Å². The van der Waals surface area contributed by atoms with Crippen molar-refractivity contribution in [2.45, 2.75) is 23.2 Å². The van der Waals surface area contributed by atoms with Crippen molar-refractivity contribution in [3.05, 3.63) is 48.0 Å². The fraction of sp³-hybridized carbons (Fsp3) is 0.407. The van der Waals surface area contributed by atoms with Crippen molar-refractivity contribution in [3.8, 4) is 5.75 Å². The van der Waals surface area contributed by atoms with Crippen LogP contribution in [-0.2, 0) is 20.2 Å². The van der Waals surface area contributed by atoms with Crippen LogP contribution < -0.4 is 30.3 Å². The van der Waals surface area contributed by atoms with Gasteiger partial charge in [-0.15, -0.1) is 0 Å². The summed E-state index contributed by atoms with van der Waals surface area (Å²) in [5.74, 6) is 2.27. The highest BCUT2D eigenvalue weighted by Crippen LogP contribution is 2.56. The smallest absolute Gasteiger partial charge is 0.242 e. The number of anilines is 6. The van der Waals surface area contributed by atoms with Crippen LogP contribution in [0.2, 0.25) is 0 Å². The lowest BCUT2D eigenvalue weighted by Gasteiger charge is -2.29. The molecule has 0 amide bonds. The molecule has 2 fully saturated rings. The molecule has 0 bridgehead atoms. The number of aliphatic hydroxyl groups excluding tert-OH is 1. The Kier molecular flexibility index (Phi) is 7.13. The lowest BCUT2D eigenvalue weighted by atomic mass is 10.0. The summed E-state index contributed by atoms with van der Waals surface area (Å²) < 4.78 is 39.5. The minimum atomic E-state index is -3.86. The van der Waals surface area contributed by atoms with Crippen LogP contribution in [0.25, 0.3) is 0 Å². The van der Waals surface area contributed by atoms with E-state index in [4.69, 9.17) is 24.5 Å². The Hall–Kier alpha value is -3.65. The van der Waals surface area contributed by atoms with Gasteiger partial charge in [0.05, 0.1) is 38.3 Å². The molecule has 212 valence electrons. The van der Waals surface area contributed by atoms with E-state index in [9.17, 15) is 8.42 Å². The van der Waals surface area contributed by atoms with Gasteiger partial charge >= 0.3 is 0 Å². The number of nitrogens with zero attached hydrogens (tertiary/aromatic N) is 3. The van der Waals surface area contributed by atoms with Crippen molar-refractivity contribution < 1.29 is 23.0 Å². The summed E-state index contributed by atoms with van der Waals surface area (Å²) in [5, 5.41) is 19.1. The second-order valence-corrected chi connectivity index (χ2v) is 11.8. The van der Waals surface area contributed by atoms with E-state index in [1.54, 1.807) is 25.3 Å². The first-order valence-corrected chi connectivity index (χ1v) is 14.8. The number of rotatable bonds is 10. The highest BCUT2D eigenvalue weighted by molar-refractivity contribution is 7.89. The molecule has 13 heteroatoms. The number of para-hydroxylation sites is 1. The van der Waals surface area contributed by atoms with Gasteiger partial charge in [-0.3, -0.25) is 0 Å². The Balaban J connectivity index is 1.34. The maximum absolute atomic E-state index is 13.0. The van der Waals surface area contributed by atoms with E-state index in [2.05, 4.69) is 25.6 Å². The van der Waals surface area contributed by atoms with E-state index < -0.39 is 10.0 Å². The van der Waals surface area contributed by atoms with Gasteiger partial charge in [0.25, 0.3) is 0 Å². The van der Waals surface area contributed by atoms with Gasteiger partial charge in [-0.1, -0.05) is 12.1 Å². The number of hydrogen-bond donors (Lipinski definition) is 5. The number of sulfonamides is 1. The van der Waals surface area contributed by atoms with E-state index in [0.717, 1.165) is 49.5 Å². The molecule has 1 aromatic heterocycles. The van der Waals surface area contributed by atoms with Crippen molar-refractivity contribution in [1.29, 1.82) is 0 Å². The predicted molar refractivity (Wildman–Crippen MR) is 153 cm³/mol. The molecule has 1 saturated heterocycles. The number of nitrogens with one attached hydrogen (secondary N) is 4. The van der Waals surface area contributed by atoms with Gasteiger partial charge in [-0.05, 0) is 37.1 Å². The third kappa shape index (κ3) is 5.12. The Bertz CT molecular complexity index is 1510. The number of ether oxygens (including phenoxy) is 2. The number of fused-ring (bicyclic) bond motifs is 2. The summed E-state index contributed by atoms with van der Waals surface area (Å²) in [6.07, 6.45) is 2.01. The van der Waals surface area contributed by atoms with Gasteiger partial charge in [-0.25, -0.2) is 13.1 Å². The average molecular weight is 568 g/mol. The summed E-state index contributed by atoms with van der Waals surface area (Å²) in [4.78, 5) is 11.9. The van der Waals surface area contributed by atoms with Crippen LogP contribution >= 0.6 is 0 Å². The molecule has 12 nitrogen and oxygen atoms in total. The van der Waals surface area contributed by atoms with Crippen LogP contribution in [0.1, 0.15) is 18.4 Å². The zero-order valence-electron chi connectivity index (χ0n) is 22.2. The second-order valence-electron chi connectivity index (χ2n) is 10.1. The van der Waals surface area contributed by atoms with Crippen molar-refractivity contribution in [1.82, 2.24) is 14.7 Å². The normalized spacial score (nSPS) is 17.3. The molecular weight excluding hydrogens is 534 g/mol. The first-order valence-electron chi connectivity index (χ1n) is 13.3. The molecule has 6 rings (SSSR count). The zero-order valence-corrected chi connectivity index (χ0v) is 23.1. The second kappa shape index (κ2) is 10.7. The van der Waals surface area contributed by atoms with Crippen molar-refractivity contribution in [2.24, 2.45) is 0 Å². The Morgan fingerprint density at radius 1 is 1.10 bits per heavy atom. The van der Waals surface area contributed by atoms with Crippen LogP contribution in [0.3, 0.4) is 0 Å². The van der Waals surface area contributed by atoms with E-state index in [0.29, 0.717) is 42.1 Å². The summed E-state index contributed by atoms with van der Waals surface area (Å²) in [5.41, 5.74) is 3.04. The molecule has 3 heterocycles. The molecule has 3 aromatic rings. The molecule has 1 aliphatic carbocycles. The number of aliphatic hydroxyl groups is 1. The van der Waals surface area contributed by atoms with Gasteiger partial charge in [0.1, 0.15) is 22.3 Å². The Labute approximate surface area is 233 Å². The van der Waals surface area contributed by atoms with Crippen molar-refractivity contribution in [2.75, 3.05) is 74.0 Å². The molecule has 40 heavy (non-hydrogen) atoms. The Morgan fingerprint density at radius 2 is 1.90 bits per heavy atom. The van der Waals surface area contributed by atoms with E-state index >= 15 is 0 Å². The molecule has 1 saturated carbocycles. The molecule has 5 N–H and O–H groups in total. The number of aromatic nitrogens is 2. The van der Waals surface area contributed by atoms with Gasteiger partial charge in [0.2, 0.25) is 16.0 Å². The molecule has 1 spiro atoms. The summed E-state index contributed by atoms with van der Waals surface area (Å²) >= 11 is 0. The molecule has 2 aromatic carbocycles. The zero-order chi connectivity index (χ0) is 27.7. The van der Waals surface area contributed by atoms with Gasteiger partial charge in [0.15, 0.2) is 0 Å². The summed E-state index contributed by atoms with van der Waals surface area (Å²) in [6, 6.07) is 12.6. The number of methoxy groups -OCH3 is 1. The minimum absolute atomic E-state index is 0.0589. The number of hydrogen-bond acceptors (Lipinski definition) is 11. The monoisotopic (exact) mass is 567 g/mol. The molecular formula is C27H33N7O5S. The molecule has 0 radical (unpaired) electrons. The van der Waals surface area contributed by atoms with E-state index in [-0.39, 0.29) is 23.5 Å². The van der Waals surface area contributed by atoms with Gasteiger partial charge < -0.3 is 35.4 Å². The average Bonchev–Trinajstić information content (AvgIpc) is 3.67. The number of morpholine rings is 1. The summed E-state index contributed by atoms with van der Waals surface area (Å²) in [6.45, 7) is 3.40. The fourth-order valence-corrected chi connectivity index (χ4v) is 6.45. The largest absolute Gasteiger partial charge is 0.494 e. The SMILES string of the molecule is COc1cc(N2CCOCC2)ccc1Nc1nc2c(c(Nc3ccccc3S(=O)(=O)NCCO)n1)C1(CC1)CN2. The molecule has 0 unspecified atom stereocenters. The molecule has 2 aliphatic heterocycles. The maximum Gasteiger partial charge on any atom is 0.242 e. The highest BCUT2D eigenvalue weighted by Gasteiger charge is 2.52. The maximum atomic E-state index is 13.0. The lowest BCUT2D eigenvalue weighted by Crippen LogP contribution is -2.36. The molecule has 3 aliphatic rings. The van der Waals surface area contributed by atoms with Crippen molar-refractivity contribution >= 4 is 44.7 Å². The van der Waals surface area contributed by atoms with Gasteiger partial charge in [0, 0.05) is 48.9 Å². The topological polar surface area (TPSA) is 150 Å².